The van der Waals surface area contributed by atoms with Crippen molar-refractivity contribution in [1.29, 1.82) is 0 Å². The van der Waals surface area contributed by atoms with Crippen LogP contribution in [0.15, 0.2) is 35.3 Å². The van der Waals surface area contributed by atoms with Gasteiger partial charge >= 0.3 is 0 Å². The van der Waals surface area contributed by atoms with Gasteiger partial charge in [-0.15, -0.1) is 24.0 Å². The van der Waals surface area contributed by atoms with E-state index in [-0.39, 0.29) is 48.2 Å². The predicted molar refractivity (Wildman–Crippen MR) is 134 cm³/mol. The van der Waals surface area contributed by atoms with Crippen molar-refractivity contribution in [3.8, 4) is 0 Å². The van der Waals surface area contributed by atoms with Crippen molar-refractivity contribution in [1.82, 2.24) is 15.5 Å². The molecule has 1 amide bonds. The van der Waals surface area contributed by atoms with E-state index in [1.165, 1.54) is 11.9 Å². The molecule has 170 valence electrons. The largest absolute Gasteiger partial charge is 0.368 e. The molecule has 1 saturated heterocycles. The maximum Gasteiger partial charge on any atom is 0.244 e. The number of piperazine rings is 1. The van der Waals surface area contributed by atoms with Crippen molar-refractivity contribution in [2.45, 2.75) is 26.3 Å². The van der Waals surface area contributed by atoms with Gasteiger partial charge in [-0.25, -0.2) is 13.4 Å². The van der Waals surface area contributed by atoms with Gasteiger partial charge in [0, 0.05) is 50.7 Å². The maximum atomic E-state index is 12.6. The van der Waals surface area contributed by atoms with E-state index in [0.717, 1.165) is 13.1 Å². The molecule has 0 aromatic heterocycles. The first kappa shape index (κ1) is 26.5. The molecule has 0 saturated carbocycles. The first-order chi connectivity index (χ1) is 13.8. The molecule has 0 spiro atoms. The van der Waals surface area contributed by atoms with Crippen molar-refractivity contribution >= 4 is 51.4 Å². The van der Waals surface area contributed by atoms with Gasteiger partial charge in [0.1, 0.15) is 16.4 Å². The van der Waals surface area contributed by atoms with Crippen LogP contribution in [0.2, 0.25) is 0 Å². The van der Waals surface area contributed by atoms with Crippen LogP contribution in [0.3, 0.4) is 0 Å². The summed E-state index contributed by atoms with van der Waals surface area (Å²) in [6.45, 7) is 7.55. The normalized spacial score (nSPS) is 15.9. The van der Waals surface area contributed by atoms with E-state index in [1.54, 1.807) is 0 Å². The Bertz CT molecular complexity index is 781. The fourth-order valence-electron chi connectivity index (χ4n) is 3.12. The molecule has 1 aromatic rings. The summed E-state index contributed by atoms with van der Waals surface area (Å²) in [7, 11) is -3.00. The summed E-state index contributed by atoms with van der Waals surface area (Å²) in [6.07, 6.45) is 1.72. The number of guanidine groups is 1. The van der Waals surface area contributed by atoms with Gasteiger partial charge in [0.15, 0.2) is 5.96 Å². The summed E-state index contributed by atoms with van der Waals surface area (Å²) in [5.41, 5.74) is 1.18. The second-order valence-corrected chi connectivity index (χ2v) is 9.62. The molecule has 10 heteroatoms. The third-order valence-electron chi connectivity index (χ3n) is 4.78. The average Bonchev–Trinajstić information content (AvgIpc) is 2.71. The third-order valence-corrected chi connectivity index (χ3v) is 5.75. The number of nitrogens with zero attached hydrogens (tertiary/aromatic N) is 3. The van der Waals surface area contributed by atoms with Crippen LogP contribution >= 0.6 is 24.0 Å². The molecule has 8 nitrogen and oxygen atoms in total. The summed E-state index contributed by atoms with van der Waals surface area (Å²) in [5, 5.41) is 6.28. The molecule has 30 heavy (non-hydrogen) atoms. The number of hydrogen-bond acceptors (Lipinski definition) is 5. The molecule has 1 heterocycles. The van der Waals surface area contributed by atoms with E-state index < -0.39 is 9.84 Å². The number of aliphatic imine (C=N–C) groups is 1. The second kappa shape index (κ2) is 13.0. The van der Waals surface area contributed by atoms with Gasteiger partial charge in [0.25, 0.3) is 0 Å². The summed E-state index contributed by atoms with van der Waals surface area (Å²) in [4.78, 5) is 21.1. The second-order valence-electron chi connectivity index (χ2n) is 7.36. The fourth-order valence-corrected chi connectivity index (χ4v) is 3.90. The minimum atomic E-state index is -3.00. The number of carbonyl (C=O) groups excluding carboxylic acids is 1. The Morgan fingerprint density at radius 1 is 1.17 bits per heavy atom. The van der Waals surface area contributed by atoms with Gasteiger partial charge < -0.3 is 20.4 Å². The number of para-hydroxylation sites is 1. The molecule has 2 rings (SSSR count). The minimum Gasteiger partial charge on any atom is -0.368 e. The zero-order valence-corrected chi connectivity index (χ0v) is 21.2. The molecule has 1 unspecified atom stereocenters. The SMILES string of the molecule is CCNC(=NCC(=O)N1CCN(c2ccccc2)CC1)NC(C)CCS(C)(=O)=O.I. The Morgan fingerprint density at radius 2 is 1.80 bits per heavy atom. The molecule has 1 aromatic carbocycles. The lowest BCUT2D eigenvalue weighted by molar-refractivity contribution is -0.129. The minimum absolute atomic E-state index is 0. The van der Waals surface area contributed by atoms with Gasteiger partial charge in [-0.3, -0.25) is 4.79 Å². The van der Waals surface area contributed by atoms with Crippen molar-refractivity contribution in [3.05, 3.63) is 30.3 Å². The van der Waals surface area contributed by atoms with Crippen molar-refractivity contribution in [2.75, 3.05) is 56.2 Å². The van der Waals surface area contributed by atoms with Crippen LogP contribution in [0.25, 0.3) is 0 Å². The molecule has 1 aliphatic heterocycles. The Labute approximate surface area is 197 Å². The van der Waals surface area contributed by atoms with Crippen LogP contribution in [0.1, 0.15) is 20.3 Å². The van der Waals surface area contributed by atoms with Gasteiger partial charge in [-0.05, 0) is 32.4 Å². The number of anilines is 1. The number of rotatable bonds is 8. The molecule has 0 bridgehead atoms. The lowest BCUT2D eigenvalue weighted by Gasteiger charge is -2.36. The lowest BCUT2D eigenvalue weighted by Crippen LogP contribution is -2.50. The number of sulfone groups is 1. The van der Waals surface area contributed by atoms with Gasteiger partial charge in [0.05, 0.1) is 5.75 Å². The highest BCUT2D eigenvalue weighted by atomic mass is 127. The van der Waals surface area contributed by atoms with Crippen LogP contribution in [-0.4, -0.2) is 82.5 Å². The number of hydrogen-bond donors (Lipinski definition) is 2. The Morgan fingerprint density at radius 3 is 2.37 bits per heavy atom. The number of halogens is 1. The van der Waals surface area contributed by atoms with E-state index in [2.05, 4.69) is 32.7 Å². The standard InChI is InChI=1S/C20H33N5O3S.HI/c1-4-21-20(23-17(2)10-15-29(3,27)28)22-16-19(26)25-13-11-24(12-14-25)18-8-6-5-7-9-18;/h5-9,17H,4,10-16H2,1-3H3,(H2,21,22,23);1H. The monoisotopic (exact) mass is 551 g/mol. The Hall–Kier alpha value is -1.56. The number of carbonyl (C=O) groups is 1. The molecule has 1 atom stereocenters. The lowest BCUT2D eigenvalue weighted by atomic mass is 10.2. The van der Waals surface area contributed by atoms with Crippen molar-refractivity contribution < 1.29 is 13.2 Å². The first-order valence-electron chi connectivity index (χ1n) is 10.1. The highest BCUT2D eigenvalue weighted by Crippen LogP contribution is 2.15. The Kier molecular flexibility index (Phi) is 11.5. The molecule has 0 aliphatic carbocycles. The number of amides is 1. The van der Waals surface area contributed by atoms with E-state index in [1.807, 2.05) is 36.9 Å². The molecule has 2 N–H and O–H groups in total. The molecule has 0 radical (unpaired) electrons. The average molecular weight is 551 g/mol. The van der Waals surface area contributed by atoms with Crippen molar-refractivity contribution in [3.63, 3.8) is 0 Å². The fraction of sp³-hybridized carbons (Fsp3) is 0.600. The third kappa shape index (κ3) is 9.50. The smallest absolute Gasteiger partial charge is 0.244 e. The zero-order valence-electron chi connectivity index (χ0n) is 18.0. The summed E-state index contributed by atoms with van der Waals surface area (Å²) in [6, 6.07) is 10.1. The van der Waals surface area contributed by atoms with E-state index in [4.69, 9.17) is 0 Å². The van der Waals surface area contributed by atoms with Crippen LogP contribution in [-0.2, 0) is 14.6 Å². The molecular weight excluding hydrogens is 517 g/mol. The summed E-state index contributed by atoms with van der Waals surface area (Å²) in [5.74, 6) is 0.647. The van der Waals surface area contributed by atoms with Crippen LogP contribution in [0, 0.1) is 0 Å². The highest BCUT2D eigenvalue weighted by molar-refractivity contribution is 14.0. The van der Waals surface area contributed by atoms with E-state index >= 15 is 0 Å². The first-order valence-corrected chi connectivity index (χ1v) is 12.1. The van der Waals surface area contributed by atoms with Crippen LogP contribution in [0.5, 0.6) is 0 Å². The zero-order chi connectivity index (χ0) is 21.3. The number of nitrogens with one attached hydrogen (secondary N) is 2. The summed E-state index contributed by atoms with van der Waals surface area (Å²) < 4.78 is 22.6. The van der Waals surface area contributed by atoms with Crippen LogP contribution < -0.4 is 15.5 Å². The topological polar surface area (TPSA) is 94.1 Å². The van der Waals surface area contributed by atoms with Gasteiger partial charge in [-0.1, -0.05) is 18.2 Å². The number of benzene rings is 1. The highest BCUT2D eigenvalue weighted by Gasteiger charge is 2.21. The quantitative estimate of drug-likeness (QED) is 0.288. The molecular formula is C20H34IN5O3S. The maximum absolute atomic E-state index is 12.6. The van der Waals surface area contributed by atoms with Gasteiger partial charge in [-0.2, -0.15) is 0 Å². The van der Waals surface area contributed by atoms with Crippen LogP contribution in [0.4, 0.5) is 5.69 Å². The summed E-state index contributed by atoms with van der Waals surface area (Å²) >= 11 is 0. The van der Waals surface area contributed by atoms with E-state index in [9.17, 15) is 13.2 Å². The van der Waals surface area contributed by atoms with E-state index in [0.29, 0.717) is 32.0 Å². The van der Waals surface area contributed by atoms with Crippen molar-refractivity contribution in [2.24, 2.45) is 4.99 Å². The Balaban J connectivity index is 0.00000450. The molecule has 1 fully saturated rings. The predicted octanol–water partition coefficient (Wildman–Crippen LogP) is 1.33. The molecule has 1 aliphatic rings. The van der Waals surface area contributed by atoms with Gasteiger partial charge in [0.2, 0.25) is 5.91 Å².